The molecular formula is C22H16F2N2O3S. The number of rotatable bonds is 3. The summed E-state index contributed by atoms with van der Waals surface area (Å²) in [4.78, 5) is 32.4. The van der Waals surface area contributed by atoms with Gasteiger partial charge in [-0.2, -0.15) is 0 Å². The molecule has 0 radical (unpaired) electrons. The van der Waals surface area contributed by atoms with Gasteiger partial charge in [0.15, 0.2) is 5.13 Å². The number of carbonyl (C=O) groups is 2. The lowest BCUT2D eigenvalue weighted by Crippen LogP contribution is -2.29. The standard InChI is InChI=1S/C22H16F2N2O3S/c1-11-12(2)30-22(25-11)26-18(13-3-7-15(23)8-4-13)17(20(28)21(26)29)19(27)14-5-9-16(24)10-6-14/h3-10,18,27H,1-2H3. The Bertz CT molecular complexity index is 1160. The van der Waals surface area contributed by atoms with Gasteiger partial charge in [0.05, 0.1) is 17.3 Å². The lowest BCUT2D eigenvalue weighted by Gasteiger charge is -2.23. The van der Waals surface area contributed by atoms with Gasteiger partial charge < -0.3 is 5.11 Å². The van der Waals surface area contributed by atoms with Crippen LogP contribution in [0.2, 0.25) is 0 Å². The summed E-state index contributed by atoms with van der Waals surface area (Å²) < 4.78 is 26.8. The zero-order valence-corrected chi connectivity index (χ0v) is 16.8. The van der Waals surface area contributed by atoms with Crippen LogP contribution in [0.3, 0.4) is 0 Å². The fraction of sp³-hybridized carbons (Fsp3) is 0.136. The van der Waals surface area contributed by atoms with Gasteiger partial charge in [-0.25, -0.2) is 13.8 Å². The number of carbonyl (C=O) groups excluding carboxylic acids is 2. The monoisotopic (exact) mass is 426 g/mol. The Labute approximate surface area is 174 Å². The van der Waals surface area contributed by atoms with E-state index in [1.807, 2.05) is 6.92 Å². The molecule has 4 rings (SSSR count). The van der Waals surface area contributed by atoms with Crippen molar-refractivity contribution in [1.29, 1.82) is 0 Å². The quantitative estimate of drug-likeness (QED) is 0.376. The molecule has 0 bridgehead atoms. The zero-order chi connectivity index (χ0) is 21.6. The Morgan fingerprint density at radius 2 is 1.57 bits per heavy atom. The summed E-state index contributed by atoms with van der Waals surface area (Å²) in [5.74, 6) is -3.15. The number of hydrogen-bond donors (Lipinski definition) is 1. The lowest BCUT2D eigenvalue weighted by atomic mass is 9.95. The van der Waals surface area contributed by atoms with E-state index in [-0.39, 0.29) is 11.1 Å². The molecule has 1 aliphatic rings. The highest BCUT2D eigenvalue weighted by Gasteiger charge is 2.48. The molecule has 1 atom stereocenters. The number of amides is 1. The van der Waals surface area contributed by atoms with E-state index in [0.29, 0.717) is 16.4 Å². The highest BCUT2D eigenvalue weighted by molar-refractivity contribution is 7.16. The predicted molar refractivity (Wildman–Crippen MR) is 109 cm³/mol. The number of nitrogens with zero attached hydrogens (tertiary/aromatic N) is 2. The average molecular weight is 426 g/mol. The molecule has 3 aromatic rings. The minimum Gasteiger partial charge on any atom is -0.507 e. The number of hydrogen-bond acceptors (Lipinski definition) is 5. The van der Waals surface area contributed by atoms with Crippen molar-refractivity contribution in [1.82, 2.24) is 4.98 Å². The average Bonchev–Trinajstić information content (AvgIpc) is 3.18. The molecule has 5 nitrogen and oxygen atoms in total. The summed E-state index contributed by atoms with van der Waals surface area (Å²) >= 11 is 1.24. The fourth-order valence-corrected chi connectivity index (χ4v) is 4.25. The van der Waals surface area contributed by atoms with Crippen molar-refractivity contribution in [3.8, 4) is 0 Å². The van der Waals surface area contributed by atoms with Crippen molar-refractivity contribution in [3.05, 3.63) is 87.4 Å². The molecule has 1 unspecified atom stereocenters. The number of aryl methyl sites for hydroxylation is 2. The second-order valence-corrected chi connectivity index (χ2v) is 8.05. The number of halogens is 2. The molecule has 2 heterocycles. The molecule has 2 aromatic carbocycles. The van der Waals surface area contributed by atoms with E-state index in [2.05, 4.69) is 4.98 Å². The summed E-state index contributed by atoms with van der Waals surface area (Å²) in [6, 6.07) is 9.25. The van der Waals surface area contributed by atoms with Crippen molar-refractivity contribution < 1.29 is 23.5 Å². The van der Waals surface area contributed by atoms with E-state index in [1.165, 1.54) is 52.6 Å². The molecule has 1 saturated heterocycles. The first-order valence-electron chi connectivity index (χ1n) is 9.04. The van der Waals surface area contributed by atoms with Crippen LogP contribution >= 0.6 is 11.3 Å². The molecule has 1 aliphatic heterocycles. The van der Waals surface area contributed by atoms with Gasteiger partial charge in [0.1, 0.15) is 17.4 Å². The molecule has 30 heavy (non-hydrogen) atoms. The van der Waals surface area contributed by atoms with Crippen LogP contribution in [0.1, 0.15) is 27.7 Å². The van der Waals surface area contributed by atoms with Gasteiger partial charge in [0.2, 0.25) is 0 Å². The normalized spacial score (nSPS) is 18.3. The third kappa shape index (κ3) is 3.29. The Kier molecular flexibility index (Phi) is 4.95. The summed E-state index contributed by atoms with van der Waals surface area (Å²) in [5, 5.41) is 11.2. The third-order valence-corrected chi connectivity index (χ3v) is 6.04. The minimum atomic E-state index is -0.999. The summed E-state index contributed by atoms with van der Waals surface area (Å²) in [6.45, 7) is 3.63. The topological polar surface area (TPSA) is 70.5 Å². The maximum atomic E-state index is 13.5. The largest absolute Gasteiger partial charge is 0.507 e. The first-order chi connectivity index (χ1) is 14.3. The lowest BCUT2D eigenvalue weighted by molar-refractivity contribution is -0.132. The number of aliphatic hydroxyl groups excluding tert-OH is 1. The molecular weight excluding hydrogens is 410 g/mol. The van der Waals surface area contributed by atoms with E-state index in [4.69, 9.17) is 0 Å². The Balaban J connectivity index is 1.94. The van der Waals surface area contributed by atoms with E-state index >= 15 is 0 Å². The van der Waals surface area contributed by atoms with Crippen LogP contribution in [0.4, 0.5) is 13.9 Å². The molecule has 152 valence electrons. The number of benzene rings is 2. The van der Waals surface area contributed by atoms with Gasteiger partial charge in [-0.15, -0.1) is 11.3 Å². The number of aromatic nitrogens is 1. The SMILES string of the molecule is Cc1nc(N2C(=O)C(=O)C(=C(O)c3ccc(F)cc3)C2c2ccc(F)cc2)sc1C. The first kappa shape index (κ1) is 19.9. The number of anilines is 1. The highest BCUT2D eigenvalue weighted by atomic mass is 32.1. The first-order valence-corrected chi connectivity index (χ1v) is 9.86. The van der Waals surface area contributed by atoms with Gasteiger partial charge in [0, 0.05) is 10.4 Å². The summed E-state index contributed by atoms with van der Waals surface area (Å²) in [7, 11) is 0. The van der Waals surface area contributed by atoms with Crippen LogP contribution in [-0.2, 0) is 9.59 Å². The van der Waals surface area contributed by atoms with Crippen molar-refractivity contribution >= 4 is 33.9 Å². The van der Waals surface area contributed by atoms with Gasteiger partial charge in [-0.3, -0.25) is 14.5 Å². The second-order valence-electron chi connectivity index (χ2n) is 6.87. The maximum Gasteiger partial charge on any atom is 0.301 e. The van der Waals surface area contributed by atoms with Gasteiger partial charge in [-0.05, 0) is 55.8 Å². The van der Waals surface area contributed by atoms with Crippen LogP contribution in [0.25, 0.3) is 5.76 Å². The van der Waals surface area contributed by atoms with Gasteiger partial charge >= 0.3 is 5.91 Å². The predicted octanol–water partition coefficient (Wildman–Crippen LogP) is 4.66. The summed E-state index contributed by atoms with van der Waals surface area (Å²) in [5.41, 5.74) is 1.18. The molecule has 0 saturated carbocycles. The Morgan fingerprint density at radius 1 is 1.00 bits per heavy atom. The zero-order valence-electron chi connectivity index (χ0n) is 16.0. The van der Waals surface area contributed by atoms with E-state index in [1.54, 1.807) is 6.92 Å². The fourth-order valence-electron chi connectivity index (χ4n) is 3.31. The molecule has 0 aliphatic carbocycles. The van der Waals surface area contributed by atoms with Crippen LogP contribution in [0.5, 0.6) is 0 Å². The molecule has 1 aromatic heterocycles. The molecule has 8 heteroatoms. The summed E-state index contributed by atoms with van der Waals surface area (Å²) in [6.07, 6.45) is 0. The third-order valence-electron chi connectivity index (χ3n) is 4.97. The van der Waals surface area contributed by atoms with E-state index < -0.39 is 35.1 Å². The van der Waals surface area contributed by atoms with E-state index in [9.17, 15) is 23.5 Å². The smallest absolute Gasteiger partial charge is 0.301 e. The highest BCUT2D eigenvalue weighted by Crippen LogP contribution is 2.43. The molecule has 1 fully saturated rings. The van der Waals surface area contributed by atoms with Crippen LogP contribution in [-0.4, -0.2) is 21.8 Å². The molecule has 1 amide bonds. The second kappa shape index (κ2) is 7.46. The van der Waals surface area contributed by atoms with Crippen LogP contribution < -0.4 is 4.90 Å². The van der Waals surface area contributed by atoms with Crippen molar-refractivity contribution in [2.24, 2.45) is 0 Å². The van der Waals surface area contributed by atoms with Crippen LogP contribution in [0.15, 0.2) is 54.1 Å². The Hall–Kier alpha value is -3.39. The van der Waals surface area contributed by atoms with Crippen LogP contribution in [0, 0.1) is 25.5 Å². The van der Waals surface area contributed by atoms with Crippen molar-refractivity contribution in [3.63, 3.8) is 0 Å². The van der Waals surface area contributed by atoms with Crippen molar-refractivity contribution in [2.75, 3.05) is 4.90 Å². The molecule has 1 N–H and O–H groups in total. The van der Waals surface area contributed by atoms with Gasteiger partial charge in [-0.1, -0.05) is 12.1 Å². The maximum absolute atomic E-state index is 13.5. The van der Waals surface area contributed by atoms with E-state index in [0.717, 1.165) is 17.0 Å². The Morgan fingerprint density at radius 3 is 2.10 bits per heavy atom. The van der Waals surface area contributed by atoms with Crippen molar-refractivity contribution in [2.45, 2.75) is 19.9 Å². The molecule has 0 spiro atoms. The van der Waals surface area contributed by atoms with Gasteiger partial charge in [0.25, 0.3) is 5.78 Å². The number of thiazole rings is 1. The number of ketones is 1. The number of aliphatic hydroxyl groups is 1. The number of Topliss-reactive ketones (excluding diaryl/α,β-unsaturated/α-hetero) is 1. The minimum absolute atomic E-state index is 0.163.